The molecule has 1 N–H and O–H groups in total. The summed E-state index contributed by atoms with van der Waals surface area (Å²) in [6.07, 6.45) is 1.60. The number of hydrogen-bond donors (Lipinski definition) is 1. The summed E-state index contributed by atoms with van der Waals surface area (Å²) in [5.74, 6) is -0.209. The fourth-order valence-corrected chi connectivity index (χ4v) is 4.03. The van der Waals surface area contributed by atoms with Crippen molar-refractivity contribution >= 4 is 34.8 Å². The Bertz CT molecular complexity index is 1360. The standard InChI is InChI=1S/C25H22N4O2S/c1-17-11-13-19(14-12-17)15-26-28-23(30)16-32-25-27-21-9-5-4-8-20(21)24(31)29(25)22-10-6-3-7-18(22)2/h3-15H,16H2,1-2H3,(H,28,30)/b26-15+. The van der Waals surface area contributed by atoms with Crippen molar-refractivity contribution in [2.75, 3.05) is 5.75 Å². The smallest absolute Gasteiger partial charge is 0.266 e. The lowest BCUT2D eigenvalue weighted by molar-refractivity contribution is -0.118. The topological polar surface area (TPSA) is 76.3 Å². The number of thioether (sulfide) groups is 1. The molecule has 0 aliphatic carbocycles. The van der Waals surface area contributed by atoms with Crippen molar-refractivity contribution in [2.45, 2.75) is 19.0 Å². The van der Waals surface area contributed by atoms with E-state index in [2.05, 4.69) is 15.5 Å². The summed E-state index contributed by atoms with van der Waals surface area (Å²) in [5.41, 5.74) is 6.72. The number of fused-ring (bicyclic) bond motifs is 1. The van der Waals surface area contributed by atoms with Crippen molar-refractivity contribution in [3.05, 3.63) is 99.8 Å². The van der Waals surface area contributed by atoms with Gasteiger partial charge in [0.15, 0.2) is 5.16 Å². The lowest BCUT2D eigenvalue weighted by Gasteiger charge is -2.14. The second-order valence-corrected chi connectivity index (χ2v) is 8.27. The van der Waals surface area contributed by atoms with Crippen molar-refractivity contribution in [3.63, 3.8) is 0 Å². The number of rotatable bonds is 6. The fraction of sp³-hybridized carbons (Fsp3) is 0.120. The molecule has 4 aromatic rings. The van der Waals surface area contributed by atoms with Crippen LogP contribution in [0.5, 0.6) is 0 Å². The number of amides is 1. The van der Waals surface area contributed by atoms with E-state index in [1.807, 2.05) is 74.5 Å². The van der Waals surface area contributed by atoms with Crippen LogP contribution in [-0.2, 0) is 4.79 Å². The minimum absolute atomic E-state index is 0.0713. The Labute approximate surface area is 190 Å². The van der Waals surface area contributed by atoms with E-state index >= 15 is 0 Å². The molecule has 1 aromatic heterocycles. The molecule has 1 heterocycles. The maximum Gasteiger partial charge on any atom is 0.266 e. The van der Waals surface area contributed by atoms with Gasteiger partial charge in [0.05, 0.1) is 28.6 Å². The van der Waals surface area contributed by atoms with E-state index in [0.717, 1.165) is 22.4 Å². The number of hydrogen-bond acceptors (Lipinski definition) is 5. The Hall–Kier alpha value is -3.71. The molecule has 32 heavy (non-hydrogen) atoms. The van der Waals surface area contributed by atoms with Gasteiger partial charge in [-0.15, -0.1) is 0 Å². The third kappa shape index (κ3) is 4.78. The van der Waals surface area contributed by atoms with Crippen molar-refractivity contribution in [3.8, 4) is 5.69 Å². The largest absolute Gasteiger partial charge is 0.272 e. The van der Waals surface area contributed by atoms with Gasteiger partial charge in [0.25, 0.3) is 11.5 Å². The number of nitrogens with one attached hydrogen (secondary N) is 1. The van der Waals surface area contributed by atoms with Gasteiger partial charge in [0.1, 0.15) is 0 Å². The Balaban J connectivity index is 1.57. The molecule has 0 unspecified atom stereocenters. The zero-order chi connectivity index (χ0) is 22.5. The molecule has 0 radical (unpaired) electrons. The summed E-state index contributed by atoms with van der Waals surface area (Å²) in [4.78, 5) is 30.3. The van der Waals surface area contributed by atoms with Crippen LogP contribution in [0.25, 0.3) is 16.6 Å². The van der Waals surface area contributed by atoms with E-state index in [-0.39, 0.29) is 17.2 Å². The Kier molecular flexibility index (Phi) is 6.47. The molecule has 0 atom stereocenters. The van der Waals surface area contributed by atoms with Crippen LogP contribution in [0.15, 0.2) is 87.8 Å². The van der Waals surface area contributed by atoms with E-state index in [1.165, 1.54) is 11.8 Å². The van der Waals surface area contributed by atoms with Gasteiger partial charge in [-0.25, -0.2) is 10.4 Å². The maximum atomic E-state index is 13.3. The van der Waals surface area contributed by atoms with Crippen molar-refractivity contribution in [1.82, 2.24) is 15.0 Å². The summed E-state index contributed by atoms with van der Waals surface area (Å²) in [7, 11) is 0. The van der Waals surface area contributed by atoms with Crippen molar-refractivity contribution in [1.29, 1.82) is 0 Å². The summed E-state index contributed by atoms with van der Waals surface area (Å²) in [5, 5.41) is 5.01. The van der Waals surface area contributed by atoms with Gasteiger partial charge in [-0.2, -0.15) is 5.10 Å². The summed E-state index contributed by atoms with van der Waals surface area (Å²) >= 11 is 1.20. The maximum absolute atomic E-state index is 13.3. The molecule has 0 fully saturated rings. The zero-order valence-corrected chi connectivity index (χ0v) is 18.6. The van der Waals surface area contributed by atoms with Crippen LogP contribution < -0.4 is 11.0 Å². The highest BCUT2D eigenvalue weighted by atomic mass is 32.2. The Morgan fingerprint density at radius 1 is 1.03 bits per heavy atom. The number of benzene rings is 3. The number of nitrogens with zero attached hydrogens (tertiary/aromatic N) is 3. The van der Waals surface area contributed by atoms with Crippen LogP contribution in [0.1, 0.15) is 16.7 Å². The van der Waals surface area contributed by atoms with Crippen LogP contribution in [0.2, 0.25) is 0 Å². The first-order valence-electron chi connectivity index (χ1n) is 10.1. The Morgan fingerprint density at radius 2 is 1.75 bits per heavy atom. The number of aromatic nitrogens is 2. The number of carbonyl (C=O) groups is 1. The van der Waals surface area contributed by atoms with Crippen LogP contribution in [0.4, 0.5) is 0 Å². The molecule has 3 aromatic carbocycles. The molecule has 0 bridgehead atoms. The summed E-state index contributed by atoms with van der Waals surface area (Å²) in [6.45, 7) is 3.95. The lowest BCUT2D eigenvalue weighted by Crippen LogP contribution is -2.24. The molecule has 0 aliphatic rings. The number of carbonyl (C=O) groups excluding carboxylic acids is 1. The van der Waals surface area contributed by atoms with E-state index in [4.69, 9.17) is 0 Å². The van der Waals surface area contributed by atoms with Gasteiger partial charge >= 0.3 is 0 Å². The van der Waals surface area contributed by atoms with Crippen LogP contribution in [0.3, 0.4) is 0 Å². The summed E-state index contributed by atoms with van der Waals surface area (Å²) < 4.78 is 1.57. The number of para-hydroxylation sites is 2. The molecule has 0 aliphatic heterocycles. The average molecular weight is 443 g/mol. The first kappa shape index (κ1) is 21.5. The van der Waals surface area contributed by atoms with Gasteiger partial charge in [-0.3, -0.25) is 14.2 Å². The van der Waals surface area contributed by atoms with Crippen molar-refractivity contribution < 1.29 is 4.79 Å². The molecular formula is C25H22N4O2S. The lowest BCUT2D eigenvalue weighted by atomic mass is 10.2. The molecule has 1 amide bonds. The van der Waals surface area contributed by atoms with Crippen LogP contribution >= 0.6 is 11.8 Å². The third-order valence-electron chi connectivity index (χ3n) is 4.91. The van der Waals surface area contributed by atoms with Gasteiger partial charge in [0.2, 0.25) is 0 Å². The molecule has 160 valence electrons. The average Bonchev–Trinajstić information content (AvgIpc) is 2.80. The molecule has 6 nitrogen and oxygen atoms in total. The fourth-order valence-electron chi connectivity index (χ4n) is 3.23. The number of hydrazone groups is 1. The normalized spacial score (nSPS) is 11.2. The van der Waals surface area contributed by atoms with Gasteiger partial charge in [-0.1, -0.05) is 71.9 Å². The predicted octanol–water partition coefficient (Wildman–Crippen LogP) is 4.24. The van der Waals surface area contributed by atoms with Gasteiger partial charge in [-0.05, 0) is 43.2 Å². The second kappa shape index (κ2) is 9.62. The SMILES string of the molecule is Cc1ccc(/C=N/NC(=O)CSc2nc3ccccc3c(=O)n2-c2ccccc2C)cc1. The summed E-state index contributed by atoms with van der Waals surface area (Å²) in [6, 6.07) is 22.7. The molecule has 0 saturated heterocycles. The minimum atomic E-state index is -0.280. The first-order chi connectivity index (χ1) is 15.5. The monoisotopic (exact) mass is 442 g/mol. The third-order valence-corrected chi connectivity index (χ3v) is 5.85. The molecule has 0 spiro atoms. The minimum Gasteiger partial charge on any atom is -0.272 e. The van der Waals surface area contributed by atoms with E-state index in [9.17, 15) is 9.59 Å². The highest BCUT2D eigenvalue weighted by molar-refractivity contribution is 7.99. The van der Waals surface area contributed by atoms with Crippen LogP contribution in [-0.4, -0.2) is 27.4 Å². The van der Waals surface area contributed by atoms with Gasteiger partial charge in [0, 0.05) is 0 Å². The predicted molar refractivity (Wildman–Crippen MR) is 130 cm³/mol. The quantitative estimate of drug-likeness (QED) is 0.210. The molecular weight excluding hydrogens is 420 g/mol. The first-order valence-corrected chi connectivity index (χ1v) is 11.1. The zero-order valence-electron chi connectivity index (χ0n) is 17.8. The molecule has 0 saturated carbocycles. The van der Waals surface area contributed by atoms with E-state index in [1.54, 1.807) is 22.9 Å². The molecule has 4 rings (SSSR count). The highest BCUT2D eigenvalue weighted by Gasteiger charge is 2.15. The Morgan fingerprint density at radius 3 is 2.53 bits per heavy atom. The van der Waals surface area contributed by atoms with Gasteiger partial charge < -0.3 is 0 Å². The molecule has 7 heteroatoms. The highest BCUT2D eigenvalue weighted by Crippen LogP contribution is 2.22. The second-order valence-electron chi connectivity index (χ2n) is 7.33. The van der Waals surface area contributed by atoms with E-state index < -0.39 is 0 Å². The van der Waals surface area contributed by atoms with Crippen LogP contribution in [0, 0.1) is 13.8 Å². The van der Waals surface area contributed by atoms with E-state index in [0.29, 0.717) is 16.1 Å². The number of aryl methyl sites for hydroxylation is 2. The van der Waals surface area contributed by atoms with Crippen molar-refractivity contribution in [2.24, 2.45) is 5.10 Å².